The number of carbonyl (C=O) groups is 1. The monoisotopic (exact) mass is 441 g/mol. The lowest BCUT2D eigenvalue weighted by molar-refractivity contribution is 0.202. The second-order valence-electron chi connectivity index (χ2n) is 9.60. The van der Waals surface area contributed by atoms with E-state index in [0.717, 1.165) is 56.0 Å². The van der Waals surface area contributed by atoms with Gasteiger partial charge in [0.15, 0.2) is 0 Å². The Morgan fingerprint density at radius 2 is 2.06 bits per heavy atom. The fraction of sp³-hybridized carbons (Fsp3) is 0.609. The third-order valence-electron chi connectivity index (χ3n) is 6.91. The number of thiophene rings is 1. The first-order chi connectivity index (χ1) is 14.8. The summed E-state index contributed by atoms with van der Waals surface area (Å²) in [6, 6.07) is 4.46. The van der Waals surface area contributed by atoms with E-state index in [4.69, 9.17) is 4.98 Å². The van der Waals surface area contributed by atoms with Crippen LogP contribution in [0.3, 0.4) is 0 Å². The Kier molecular flexibility index (Phi) is 5.17. The molecule has 7 nitrogen and oxygen atoms in total. The van der Waals surface area contributed by atoms with E-state index in [0.29, 0.717) is 19.6 Å². The van der Waals surface area contributed by atoms with Gasteiger partial charge in [0.25, 0.3) is 5.56 Å². The summed E-state index contributed by atoms with van der Waals surface area (Å²) < 4.78 is 1.90. The smallest absolute Gasteiger partial charge is 0.317 e. The van der Waals surface area contributed by atoms with Crippen molar-refractivity contribution >= 4 is 17.4 Å². The van der Waals surface area contributed by atoms with Crippen LogP contribution >= 0.6 is 11.3 Å². The average molecular weight is 442 g/mol. The highest BCUT2D eigenvalue weighted by atomic mass is 32.1. The number of carbonyl (C=O) groups excluding carboxylic acids is 1. The van der Waals surface area contributed by atoms with Crippen LogP contribution in [0.5, 0.6) is 0 Å². The summed E-state index contributed by atoms with van der Waals surface area (Å²) in [7, 11) is 0. The summed E-state index contributed by atoms with van der Waals surface area (Å²) in [4.78, 5) is 37.9. The van der Waals surface area contributed by atoms with Gasteiger partial charge in [0.2, 0.25) is 0 Å². The van der Waals surface area contributed by atoms with Crippen molar-refractivity contribution in [2.24, 2.45) is 0 Å². The molecule has 2 aromatic rings. The number of amides is 2. The molecule has 0 radical (unpaired) electrons. The highest BCUT2D eigenvalue weighted by Crippen LogP contribution is 2.41. The predicted octanol–water partition coefficient (Wildman–Crippen LogP) is 2.64. The van der Waals surface area contributed by atoms with Crippen molar-refractivity contribution in [2.45, 2.75) is 71.1 Å². The van der Waals surface area contributed by atoms with Gasteiger partial charge in [0.05, 0.1) is 11.3 Å². The van der Waals surface area contributed by atoms with Crippen LogP contribution in [-0.4, -0.2) is 51.1 Å². The van der Waals surface area contributed by atoms with E-state index in [-0.39, 0.29) is 23.0 Å². The van der Waals surface area contributed by atoms with Crippen LogP contribution in [0.1, 0.15) is 53.5 Å². The third-order valence-corrected chi connectivity index (χ3v) is 7.90. The van der Waals surface area contributed by atoms with Gasteiger partial charge in [0.1, 0.15) is 5.82 Å². The number of aryl methyl sites for hydroxylation is 1. The predicted molar refractivity (Wildman–Crippen MR) is 122 cm³/mol. The molecule has 0 unspecified atom stereocenters. The lowest BCUT2D eigenvalue weighted by Gasteiger charge is -2.29. The van der Waals surface area contributed by atoms with Gasteiger partial charge in [-0.1, -0.05) is 0 Å². The van der Waals surface area contributed by atoms with Crippen LogP contribution in [0.15, 0.2) is 16.9 Å². The molecule has 5 rings (SSSR count). The minimum absolute atomic E-state index is 0.00918. The van der Waals surface area contributed by atoms with E-state index < -0.39 is 0 Å². The van der Waals surface area contributed by atoms with Crippen molar-refractivity contribution in [2.75, 3.05) is 19.6 Å². The molecule has 0 saturated carbocycles. The van der Waals surface area contributed by atoms with Crippen LogP contribution in [0.2, 0.25) is 0 Å². The number of rotatable bonds is 3. The van der Waals surface area contributed by atoms with Gasteiger partial charge in [-0.2, -0.15) is 0 Å². The number of urea groups is 1. The van der Waals surface area contributed by atoms with Crippen molar-refractivity contribution in [1.29, 1.82) is 0 Å². The Hall–Kier alpha value is -2.19. The topological polar surface area (TPSA) is 70.5 Å². The molecular weight excluding hydrogens is 410 g/mol. The number of nitrogens with zero attached hydrogens (tertiary/aromatic N) is 4. The van der Waals surface area contributed by atoms with Gasteiger partial charge in [-0.05, 0) is 45.7 Å². The minimum atomic E-state index is -0.172. The lowest BCUT2D eigenvalue weighted by Crippen LogP contribution is -2.43. The van der Waals surface area contributed by atoms with Gasteiger partial charge in [-0.15, -0.1) is 11.3 Å². The van der Waals surface area contributed by atoms with Crippen molar-refractivity contribution in [1.82, 2.24) is 24.7 Å². The molecule has 8 heteroatoms. The summed E-state index contributed by atoms with van der Waals surface area (Å²) in [5.74, 6) is 0.915. The number of likely N-dealkylation sites (tertiary alicyclic amines) is 1. The molecule has 1 N–H and O–H groups in total. The van der Waals surface area contributed by atoms with Crippen LogP contribution in [-0.2, 0) is 31.5 Å². The maximum atomic E-state index is 13.4. The summed E-state index contributed by atoms with van der Waals surface area (Å²) >= 11 is 1.83. The quantitative estimate of drug-likeness (QED) is 0.795. The van der Waals surface area contributed by atoms with E-state index in [9.17, 15) is 9.59 Å². The summed E-state index contributed by atoms with van der Waals surface area (Å²) in [5.41, 5.74) is 1.80. The number of hydrogen-bond acceptors (Lipinski definition) is 5. The van der Waals surface area contributed by atoms with Crippen molar-refractivity contribution in [3.8, 4) is 0 Å². The third kappa shape index (κ3) is 3.69. The maximum Gasteiger partial charge on any atom is 0.317 e. The van der Waals surface area contributed by atoms with Crippen molar-refractivity contribution in [3.05, 3.63) is 49.3 Å². The largest absolute Gasteiger partial charge is 0.336 e. The molecule has 1 saturated heterocycles. The highest BCUT2D eigenvalue weighted by Gasteiger charge is 2.48. The lowest BCUT2D eigenvalue weighted by atomic mass is 9.85. The minimum Gasteiger partial charge on any atom is -0.336 e. The Morgan fingerprint density at radius 3 is 2.81 bits per heavy atom. The van der Waals surface area contributed by atoms with Gasteiger partial charge < -0.3 is 10.2 Å². The molecule has 3 aliphatic heterocycles. The van der Waals surface area contributed by atoms with E-state index in [1.54, 1.807) is 0 Å². The molecule has 1 atom stereocenters. The molecule has 2 aromatic heterocycles. The standard InChI is InChI=1S/C23H31N5O2S/c1-15(2)24-22(30)27-10-7-23(14-27)8-11-28-20(29)18-13-26(9-6-19(18)25-21(23)28)12-17-5-4-16(3)31-17/h4-5,15H,6-14H2,1-3H3,(H,24,30)/t23-/m0/s1. The van der Waals surface area contributed by atoms with Gasteiger partial charge in [-0.3, -0.25) is 14.3 Å². The maximum absolute atomic E-state index is 13.4. The molecule has 2 amide bonds. The first kappa shape index (κ1) is 20.7. The Bertz CT molecular complexity index is 1070. The van der Waals surface area contributed by atoms with E-state index in [1.165, 1.54) is 9.75 Å². The van der Waals surface area contributed by atoms with Crippen LogP contribution in [0.4, 0.5) is 4.79 Å². The molecule has 1 fully saturated rings. The van der Waals surface area contributed by atoms with Crippen LogP contribution < -0.4 is 10.9 Å². The van der Waals surface area contributed by atoms with Gasteiger partial charge in [-0.25, -0.2) is 9.78 Å². The van der Waals surface area contributed by atoms with Crippen molar-refractivity contribution in [3.63, 3.8) is 0 Å². The first-order valence-electron chi connectivity index (χ1n) is 11.3. The zero-order chi connectivity index (χ0) is 21.8. The molecule has 0 aromatic carbocycles. The Morgan fingerprint density at radius 1 is 1.26 bits per heavy atom. The Labute approximate surface area is 187 Å². The Balaban J connectivity index is 1.38. The second-order valence-corrected chi connectivity index (χ2v) is 11.0. The second kappa shape index (κ2) is 7.74. The number of aromatic nitrogens is 2. The molecule has 5 heterocycles. The molecule has 0 bridgehead atoms. The van der Waals surface area contributed by atoms with Gasteiger partial charge >= 0.3 is 6.03 Å². The normalized spacial score (nSPS) is 22.9. The van der Waals surface area contributed by atoms with Crippen molar-refractivity contribution < 1.29 is 4.79 Å². The van der Waals surface area contributed by atoms with Crippen LogP contribution in [0, 0.1) is 6.92 Å². The number of nitrogens with one attached hydrogen (secondary N) is 1. The highest BCUT2D eigenvalue weighted by molar-refractivity contribution is 7.11. The number of hydrogen-bond donors (Lipinski definition) is 1. The summed E-state index contributed by atoms with van der Waals surface area (Å²) in [6.45, 7) is 10.7. The number of fused-ring (bicyclic) bond motifs is 3. The fourth-order valence-electron chi connectivity index (χ4n) is 5.32. The fourth-order valence-corrected chi connectivity index (χ4v) is 6.25. The van der Waals surface area contributed by atoms with E-state index >= 15 is 0 Å². The zero-order valence-electron chi connectivity index (χ0n) is 18.6. The molecule has 1 spiro atoms. The van der Waals surface area contributed by atoms with E-state index in [1.807, 2.05) is 34.7 Å². The average Bonchev–Trinajstić information content (AvgIpc) is 3.43. The van der Waals surface area contributed by atoms with E-state index in [2.05, 4.69) is 29.3 Å². The zero-order valence-corrected chi connectivity index (χ0v) is 19.4. The molecule has 166 valence electrons. The van der Waals surface area contributed by atoms with Gasteiger partial charge in [0, 0.05) is 66.9 Å². The first-order valence-corrected chi connectivity index (χ1v) is 12.1. The molecule has 3 aliphatic rings. The molecule has 31 heavy (non-hydrogen) atoms. The SMILES string of the molecule is Cc1ccc(CN2CCc3nc4n(c(=O)c3C2)CC[C@]42CCN(C(=O)NC(C)C)C2)s1. The van der Waals surface area contributed by atoms with Crippen LogP contribution in [0.25, 0.3) is 0 Å². The summed E-state index contributed by atoms with van der Waals surface area (Å²) in [6.07, 6.45) is 2.59. The summed E-state index contributed by atoms with van der Waals surface area (Å²) in [5, 5.41) is 3.00. The molecular formula is C23H31N5O2S. The molecule has 0 aliphatic carbocycles.